The molecule has 0 saturated carbocycles. The van der Waals surface area contributed by atoms with Crippen LogP contribution in [0.2, 0.25) is 0 Å². The molecule has 0 aliphatic carbocycles. The monoisotopic (exact) mass is 437 g/mol. The number of nitrogens with zero attached hydrogens (tertiary/aromatic N) is 4. The van der Waals surface area contributed by atoms with Gasteiger partial charge in [0.15, 0.2) is 0 Å². The van der Waals surface area contributed by atoms with E-state index in [9.17, 15) is 18.4 Å². The number of alkyl halides is 2. The molecule has 1 fully saturated rings. The van der Waals surface area contributed by atoms with Crippen LogP contribution in [0.5, 0.6) is 0 Å². The van der Waals surface area contributed by atoms with Gasteiger partial charge >= 0.3 is 0 Å². The standard InChI is InChI=1S/C17H14BrF2N5O2/c18-12-1-3-13(4-2-12)25-9-11(7-23-25)16(27)22-8-15(26)24-10-17(19,20)5-14(24)6-21/h1-4,7,9,14H,5,8,10H2,(H,22,27)/t14-/m0/s1. The molecule has 2 heterocycles. The zero-order valence-electron chi connectivity index (χ0n) is 13.9. The van der Waals surface area contributed by atoms with Crippen molar-refractivity contribution in [1.29, 1.82) is 5.26 Å². The van der Waals surface area contributed by atoms with Crippen LogP contribution in [0.4, 0.5) is 8.78 Å². The zero-order chi connectivity index (χ0) is 19.6. The molecule has 0 spiro atoms. The first-order chi connectivity index (χ1) is 12.8. The molecule has 0 unspecified atom stereocenters. The fourth-order valence-corrected chi connectivity index (χ4v) is 2.99. The predicted molar refractivity (Wildman–Crippen MR) is 94.3 cm³/mol. The molecule has 2 aromatic rings. The van der Waals surface area contributed by atoms with E-state index in [2.05, 4.69) is 26.3 Å². The molecular formula is C17H14BrF2N5O2. The van der Waals surface area contributed by atoms with Crippen molar-refractivity contribution in [2.24, 2.45) is 0 Å². The minimum atomic E-state index is -3.09. The molecule has 1 aliphatic heterocycles. The molecule has 10 heteroatoms. The molecule has 1 atom stereocenters. The van der Waals surface area contributed by atoms with Gasteiger partial charge in [0.25, 0.3) is 11.8 Å². The number of nitriles is 1. The van der Waals surface area contributed by atoms with Gasteiger partial charge in [-0.25, -0.2) is 13.5 Å². The van der Waals surface area contributed by atoms with Crippen LogP contribution in [-0.2, 0) is 4.79 Å². The highest BCUT2D eigenvalue weighted by Crippen LogP contribution is 2.31. The Labute approximate surface area is 161 Å². The van der Waals surface area contributed by atoms with Crippen molar-refractivity contribution in [2.45, 2.75) is 18.4 Å². The number of carbonyl (C=O) groups is 2. The fourth-order valence-electron chi connectivity index (χ4n) is 2.73. The number of rotatable bonds is 4. The zero-order valence-corrected chi connectivity index (χ0v) is 15.5. The van der Waals surface area contributed by atoms with Gasteiger partial charge in [0.1, 0.15) is 6.04 Å². The molecule has 7 nitrogen and oxygen atoms in total. The SMILES string of the molecule is N#C[C@@H]1CC(F)(F)CN1C(=O)CNC(=O)c1cnn(-c2ccc(Br)cc2)c1. The second-order valence-corrected chi connectivity index (χ2v) is 6.97. The summed E-state index contributed by atoms with van der Waals surface area (Å²) < 4.78 is 29.2. The summed E-state index contributed by atoms with van der Waals surface area (Å²) in [5.74, 6) is -4.38. The van der Waals surface area contributed by atoms with E-state index in [4.69, 9.17) is 5.26 Å². The summed E-state index contributed by atoms with van der Waals surface area (Å²) >= 11 is 3.33. The molecule has 1 aromatic heterocycles. The van der Waals surface area contributed by atoms with Gasteiger partial charge in [0.2, 0.25) is 5.91 Å². The summed E-state index contributed by atoms with van der Waals surface area (Å²) in [6.07, 6.45) is 2.14. The number of carbonyl (C=O) groups excluding carboxylic acids is 2. The van der Waals surface area contributed by atoms with Crippen LogP contribution in [0.1, 0.15) is 16.8 Å². The van der Waals surface area contributed by atoms with E-state index in [1.54, 1.807) is 18.2 Å². The van der Waals surface area contributed by atoms with Crippen LogP contribution < -0.4 is 5.32 Å². The molecule has 2 amide bonds. The molecular weight excluding hydrogens is 424 g/mol. The summed E-state index contributed by atoms with van der Waals surface area (Å²) in [6, 6.07) is 7.76. The largest absolute Gasteiger partial charge is 0.343 e. The van der Waals surface area contributed by atoms with E-state index in [-0.39, 0.29) is 5.56 Å². The first-order valence-corrected chi connectivity index (χ1v) is 8.74. The van der Waals surface area contributed by atoms with Crippen molar-refractivity contribution in [2.75, 3.05) is 13.1 Å². The number of likely N-dealkylation sites (tertiary alicyclic amines) is 1. The van der Waals surface area contributed by atoms with Gasteiger partial charge < -0.3 is 10.2 Å². The van der Waals surface area contributed by atoms with Crippen LogP contribution in [0.3, 0.4) is 0 Å². The van der Waals surface area contributed by atoms with E-state index >= 15 is 0 Å². The molecule has 27 heavy (non-hydrogen) atoms. The maximum atomic E-state index is 13.4. The van der Waals surface area contributed by atoms with Crippen LogP contribution in [0.25, 0.3) is 5.69 Å². The van der Waals surface area contributed by atoms with Crippen molar-refractivity contribution < 1.29 is 18.4 Å². The lowest BCUT2D eigenvalue weighted by atomic mass is 10.2. The number of amides is 2. The molecule has 1 aliphatic rings. The molecule has 1 N–H and O–H groups in total. The molecule has 0 bridgehead atoms. The Kier molecular flexibility index (Phi) is 5.23. The summed E-state index contributed by atoms with van der Waals surface area (Å²) in [4.78, 5) is 25.1. The minimum Gasteiger partial charge on any atom is -0.343 e. The normalized spacial score (nSPS) is 18.1. The average Bonchev–Trinajstić information content (AvgIpc) is 3.24. The van der Waals surface area contributed by atoms with Crippen LogP contribution in [0, 0.1) is 11.3 Å². The average molecular weight is 438 g/mol. The molecule has 1 saturated heterocycles. The number of halogens is 3. The van der Waals surface area contributed by atoms with Gasteiger partial charge in [-0.15, -0.1) is 0 Å². The van der Waals surface area contributed by atoms with Crippen molar-refractivity contribution in [3.8, 4) is 11.8 Å². The van der Waals surface area contributed by atoms with Crippen molar-refractivity contribution in [3.63, 3.8) is 0 Å². The Hall–Kier alpha value is -2.80. The summed E-state index contributed by atoms with van der Waals surface area (Å²) in [6.45, 7) is -1.29. The smallest absolute Gasteiger partial charge is 0.268 e. The van der Waals surface area contributed by atoms with Gasteiger partial charge in [-0.3, -0.25) is 9.59 Å². The van der Waals surface area contributed by atoms with Gasteiger partial charge in [0, 0.05) is 17.1 Å². The highest BCUT2D eigenvalue weighted by Gasteiger charge is 2.47. The first kappa shape index (κ1) is 19.0. The number of benzene rings is 1. The third kappa shape index (κ3) is 4.31. The second kappa shape index (κ2) is 7.44. The van der Waals surface area contributed by atoms with Crippen LogP contribution in [0.15, 0.2) is 41.1 Å². The summed E-state index contributed by atoms with van der Waals surface area (Å²) in [7, 11) is 0. The van der Waals surface area contributed by atoms with E-state index < -0.39 is 43.3 Å². The Morgan fingerprint density at radius 3 is 2.74 bits per heavy atom. The van der Waals surface area contributed by atoms with Gasteiger partial charge in [-0.2, -0.15) is 10.4 Å². The quantitative estimate of drug-likeness (QED) is 0.792. The molecule has 1 aromatic carbocycles. The minimum absolute atomic E-state index is 0.217. The third-order valence-electron chi connectivity index (χ3n) is 4.08. The second-order valence-electron chi connectivity index (χ2n) is 6.06. The summed E-state index contributed by atoms with van der Waals surface area (Å²) in [5, 5.41) is 15.4. The van der Waals surface area contributed by atoms with Gasteiger partial charge in [-0.05, 0) is 24.3 Å². The maximum Gasteiger partial charge on any atom is 0.268 e. The molecule has 0 radical (unpaired) electrons. The number of aromatic nitrogens is 2. The van der Waals surface area contributed by atoms with E-state index in [0.29, 0.717) is 0 Å². The Balaban J connectivity index is 1.61. The van der Waals surface area contributed by atoms with Crippen molar-refractivity contribution >= 4 is 27.7 Å². The predicted octanol–water partition coefficient (Wildman–Crippen LogP) is 2.12. The number of hydrogen-bond donors (Lipinski definition) is 1. The Morgan fingerprint density at radius 2 is 2.07 bits per heavy atom. The van der Waals surface area contributed by atoms with Crippen molar-refractivity contribution in [1.82, 2.24) is 20.0 Å². The number of nitrogens with one attached hydrogen (secondary N) is 1. The lowest BCUT2D eigenvalue weighted by molar-refractivity contribution is -0.131. The highest BCUT2D eigenvalue weighted by atomic mass is 79.9. The fraction of sp³-hybridized carbons (Fsp3) is 0.294. The van der Waals surface area contributed by atoms with E-state index in [1.807, 2.05) is 12.1 Å². The molecule has 140 valence electrons. The Bertz CT molecular complexity index is 907. The Morgan fingerprint density at radius 1 is 1.37 bits per heavy atom. The third-order valence-corrected chi connectivity index (χ3v) is 4.60. The van der Waals surface area contributed by atoms with Crippen molar-refractivity contribution in [3.05, 3.63) is 46.7 Å². The number of hydrogen-bond acceptors (Lipinski definition) is 4. The van der Waals surface area contributed by atoms with Gasteiger partial charge in [-0.1, -0.05) is 15.9 Å². The topological polar surface area (TPSA) is 91.0 Å². The highest BCUT2D eigenvalue weighted by molar-refractivity contribution is 9.10. The van der Waals surface area contributed by atoms with E-state index in [0.717, 1.165) is 15.1 Å². The lowest BCUT2D eigenvalue weighted by Gasteiger charge is -2.19. The van der Waals surface area contributed by atoms with E-state index in [1.165, 1.54) is 17.1 Å². The van der Waals surface area contributed by atoms with Crippen LogP contribution >= 0.6 is 15.9 Å². The maximum absolute atomic E-state index is 13.4. The van der Waals surface area contributed by atoms with Crippen LogP contribution in [-0.4, -0.2) is 51.5 Å². The lowest BCUT2D eigenvalue weighted by Crippen LogP contribution is -2.42. The van der Waals surface area contributed by atoms with Gasteiger partial charge in [0.05, 0.1) is 36.6 Å². The summed E-state index contributed by atoms with van der Waals surface area (Å²) in [5.41, 5.74) is 0.957. The first-order valence-electron chi connectivity index (χ1n) is 7.95. The molecule has 3 rings (SSSR count).